The van der Waals surface area contributed by atoms with Crippen LogP contribution >= 0.6 is 0 Å². The van der Waals surface area contributed by atoms with Crippen LogP contribution in [0.5, 0.6) is 5.75 Å². The fourth-order valence-electron chi connectivity index (χ4n) is 2.55. The van der Waals surface area contributed by atoms with Crippen molar-refractivity contribution in [2.24, 2.45) is 0 Å². The number of carbonyl (C=O) groups excluding carboxylic acids is 1. The maximum atomic E-state index is 12.0. The topological polar surface area (TPSA) is 67.5 Å². The minimum absolute atomic E-state index is 0.0556. The van der Waals surface area contributed by atoms with Gasteiger partial charge in [0.25, 0.3) is 5.91 Å². The molecule has 1 aromatic heterocycles. The second-order valence-corrected chi connectivity index (χ2v) is 5.33. The number of anilines is 1. The van der Waals surface area contributed by atoms with Crippen molar-refractivity contribution in [3.8, 4) is 5.75 Å². The number of hydrogen-bond donors (Lipinski definition) is 1. The molecule has 1 aliphatic rings. The molecule has 2 heterocycles. The summed E-state index contributed by atoms with van der Waals surface area (Å²) in [4.78, 5) is 20.8. The molecule has 1 N–H and O–H groups in total. The van der Waals surface area contributed by atoms with Gasteiger partial charge in [0, 0.05) is 38.0 Å². The highest BCUT2D eigenvalue weighted by Gasteiger charge is 2.19. The van der Waals surface area contributed by atoms with E-state index in [4.69, 9.17) is 9.47 Å². The zero-order valence-electron chi connectivity index (χ0n) is 13.2. The van der Waals surface area contributed by atoms with Crippen LogP contribution in [0.2, 0.25) is 0 Å². The van der Waals surface area contributed by atoms with Crippen molar-refractivity contribution in [3.05, 3.63) is 42.0 Å². The van der Waals surface area contributed by atoms with Crippen molar-refractivity contribution >= 4 is 23.2 Å². The van der Waals surface area contributed by atoms with E-state index < -0.39 is 0 Å². The van der Waals surface area contributed by atoms with Gasteiger partial charge in [0.1, 0.15) is 12.4 Å². The van der Waals surface area contributed by atoms with E-state index in [2.05, 4.69) is 9.97 Å². The largest absolute Gasteiger partial charge is 0.493 e. The van der Waals surface area contributed by atoms with Crippen LogP contribution in [0.4, 0.5) is 5.69 Å². The number of methoxy groups -OCH3 is 1. The summed E-state index contributed by atoms with van der Waals surface area (Å²) in [6, 6.07) is 5.75. The van der Waals surface area contributed by atoms with Crippen molar-refractivity contribution in [1.82, 2.24) is 9.97 Å². The zero-order chi connectivity index (χ0) is 16.2. The lowest BCUT2D eigenvalue weighted by Crippen LogP contribution is -2.29. The fourth-order valence-corrected chi connectivity index (χ4v) is 2.55. The van der Waals surface area contributed by atoms with Crippen molar-refractivity contribution in [2.45, 2.75) is 6.42 Å². The van der Waals surface area contributed by atoms with E-state index in [0.29, 0.717) is 6.61 Å². The van der Waals surface area contributed by atoms with Crippen molar-refractivity contribution in [1.29, 1.82) is 0 Å². The summed E-state index contributed by atoms with van der Waals surface area (Å²) in [5.41, 5.74) is 3.83. The number of aromatic amines is 1. The number of nitrogens with one attached hydrogen (secondary N) is 1. The first-order chi connectivity index (χ1) is 11.2. The second kappa shape index (κ2) is 6.66. The number of aromatic nitrogens is 2. The molecular weight excluding hydrogens is 294 g/mol. The molecule has 0 radical (unpaired) electrons. The van der Waals surface area contributed by atoms with Crippen LogP contribution in [0.1, 0.15) is 17.7 Å². The molecule has 0 aliphatic carbocycles. The van der Waals surface area contributed by atoms with Gasteiger partial charge in [-0.15, -0.1) is 0 Å². The lowest BCUT2D eigenvalue weighted by atomic mass is 9.98. The Hall–Kier alpha value is -2.60. The van der Waals surface area contributed by atoms with E-state index in [1.165, 1.54) is 7.11 Å². The molecule has 0 fully saturated rings. The number of rotatable bonds is 4. The summed E-state index contributed by atoms with van der Waals surface area (Å²) in [5, 5.41) is 0. The third kappa shape index (κ3) is 3.27. The zero-order valence-corrected chi connectivity index (χ0v) is 13.2. The molecule has 6 heteroatoms. The molecule has 1 aromatic carbocycles. The number of H-pyrrole nitrogens is 1. The summed E-state index contributed by atoms with van der Waals surface area (Å²) >= 11 is 0. The van der Waals surface area contributed by atoms with Gasteiger partial charge in [-0.25, -0.2) is 4.98 Å². The van der Waals surface area contributed by atoms with Crippen molar-refractivity contribution in [3.63, 3.8) is 0 Å². The van der Waals surface area contributed by atoms with Crippen molar-refractivity contribution in [2.75, 3.05) is 32.3 Å². The Morgan fingerprint density at radius 1 is 1.52 bits per heavy atom. The highest BCUT2D eigenvalue weighted by Crippen LogP contribution is 2.36. The summed E-state index contributed by atoms with van der Waals surface area (Å²) in [5.74, 6) is 0.733. The molecule has 0 atom stereocenters. The number of carbonyl (C=O) groups is 1. The summed E-state index contributed by atoms with van der Waals surface area (Å²) in [6.45, 7) is 0.696. The highest BCUT2D eigenvalue weighted by molar-refractivity contribution is 5.95. The van der Waals surface area contributed by atoms with E-state index in [-0.39, 0.29) is 12.5 Å². The number of fused-ring (bicyclic) bond motifs is 1. The smallest absolute Gasteiger partial charge is 0.252 e. The quantitative estimate of drug-likeness (QED) is 0.941. The standard InChI is InChI=1S/C17H19N3O3/c1-20(17(21)10-22-2)14-3-4-16-15(8-14)12(5-6-23-16)7-13-9-18-11-19-13/h3-4,7-9,11H,5-6,10H2,1-2H3,(H,18,19)/b12-7+. The van der Waals surface area contributed by atoms with Gasteiger partial charge in [-0.05, 0) is 29.8 Å². The molecule has 0 saturated carbocycles. The Labute approximate surface area is 134 Å². The van der Waals surface area contributed by atoms with E-state index >= 15 is 0 Å². The van der Waals surface area contributed by atoms with Gasteiger partial charge in [-0.3, -0.25) is 4.79 Å². The first-order valence-electron chi connectivity index (χ1n) is 7.41. The molecule has 120 valence electrons. The van der Waals surface area contributed by atoms with Gasteiger partial charge >= 0.3 is 0 Å². The Balaban J connectivity index is 1.95. The van der Waals surface area contributed by atoms with Gasteiger partial charge in [0.2, 0.25) is 0 Å². The molecule has 0 unspecified atom stereocenters. The first kappa shape index (κ1) is 15.3. The number of hydrogen-bond acceptors (Lipinski definition) is 4. The third-order valence-corrected chi connectivity index (χ3v) is 3.81. The SMILES string of the molecule is COCC(=O)N(C)c1ccc2c(c1)/C(=C/c1c[nH]cn1)CCO2. The molecule has 2 aromatic rings. The van der Waals surface area contributed by atoms with Gasteiger partial charge in [0.15, 0.2) is 0 Å². The van der Waals surface area contributed by atoms with E-state index in [1.54, 1.807) is 18.3 Å². The second-order valence-electron chi connectivity index (χ2n) is 5.33. The molecular formula is C17H19N3O3. The van der Waals surface area contributed by atoms with Crippen LogP contribution in [-0.2, 0) is 9.53 Å². The van der Waals surface area contributed by atoms with E-state index in [1.807, 2.05) is 30.5 Å². The lowest BCUT2D eigenvalue weighted by Gasteiger charge is -2.23. The Morgan fingerprint density at radius 2 is 2.39 bits per heavy atom. The van der Waals surface area contributed by atoms with Gasteiger partial charge in [0.05, 0.1) is 18.6 Å². The van der Waals surface area contributed by atoms with Gasteiger partial charge in [-0.2, -0.15) is 0 Å². The number of imidazole rings is 1. The molecule has 3 rings (SSSR count). The van der Waals surface area contributed by atoms with Crippen LogP contribution in [0.3, 0.4) is 0 Å². The minimum atomic E-state index is -0.0954. The number of benzene rings is 1. The number of ether oxygens (including phenoxy) is 2. The van der Waals surface area contributed by atoms with Crippen LogP contribution < -0.4 is 9.64 Å². The minimum Gasteiger partial charge on any atom is -0.493 e. The summed E-state index contributed by atoms with van der Waals surface area (Å²) in [6.07, 6.45) is 6.35. The Kier molecular flexibility index (Phi) is 4.43. The Morgan fingerprint density at radius 3 is 3.13 bits per heavy atom. The molecule has 1 aliphatic heterocycles. The molecule has 6 nitrogen and oxygen atoms in total. The predicted octanol–water partition coefficient (Wildman–Crippen LogP) is 2.34. The normalized spacial score (nSPS) is 15.1. The number of nitrogens with zero attached hydrogens (tertiary/aromatic N) is 2. The summed E-state index contributed by atoms with van der Waals surface area (Å²) < 4.78 is 10.6. The molecule has 1 amide bonds. The number of likely N-dealkylation sites (N-methyl/N-ethyl adjacent to an activating group) is 1. The fraction of sp³-hybridized carbons (Fsp3) is 0.294. The van der Waals surface area contributed by atoms with Crippen molar-refractivity contribution < 1.29 is 14.3 Å². The maximum absolute atomic E-state index is 12.0. The van der Waals surface area contributed by atoms with Crippen LogP contribution in [0, 0.1) is 0 Å². The van der Waals surface area contributed by atoms with Gasteiger partial charge in [-0.1, -0.05) is 0 Å². The molecule has 0 spiro atoms. The third-order valence-electron chi connectivity index (χ3n) is 3.81. The number of amides is 1. The van der Waals surface area contributed by atoms with Crippen LogP contribution in [-0.4, -0.2) is 43.2 Å². The van der Waals surface area contributed by atoms with Crippen LogP contribution in [0.15, 0.2) is 30.7 Å². The molecule has 23 heavy (non-hydrogen) atoms. The van der Waals surface area contributed by atoms with Gasteiger partial charge < -0.3 is 19.4 Å². The Bertz CT molecular complexity index is 723. The average Bonchev–Trinajstić information content (AvgIpc) is 3.07. The van der Waals surface area contributed by atoms with E-state index in [9.17, 15) is 4.79 Å². The predicted molar refractivity (Wildman–Crippen MR) is 88.3 cm³/mol. The lowest BCUT2D eigenvalue weighted by molar-refractivity contribution is -0.121. The van der Waals surface area contributed by atoms with Crippen LogP contribution in [0.25, 0.3) is 11.6 Å². The first-order valence-corrected chi connectivity index (χ1v) is 7.41. The summed E-state index contributed by atoms with van der Waals surface area (Å²) in [7, 11) is 3.25. The molecule has 0 saturated heterocycles. The molecule has 0 bridgehead atoms. The monoisotopic (exact) mass is 313 g/mol. The maximum Gasteiger partial charge on any atom is 0.252 e. The van der Waals surface area contributed by atoms with E-state index in [0.717, 1.165) is 34.7 Å². The highest BCUT2D eigenvalue weighted by atomic mass is 16.5. The average molecular weight is 313 g/mol.